The maximum atomic E-state index is 13.2. The normalized spacial score (nSPS) is 15.8. The predicted octanol–water partition coefficient (Wildman–Crippen LogP) is 4.18. The quantitative estimate of drug-likeness (QED) is 0.699. The van der Waals surface area contributed by atoms with Crippen LogP contribution in [0.1, 0.15) is 12.8 Å². The third kappa shape index (κ3) is 4.34. The van der Waals surface area contributed by atoms with Crippen molar-refractivity contribution in [1.82, 2.24) is 14.5 Å². The zero-order valence-corrected chi connectivity index (χ0v) is 16.2. The molecule has 1 fully saturated rings. The number of fused-ring (bicyclic) bond motifs is 1. The lowest BCUT2D eigenvalue weighted by atomic mass is 9.96. The monoisotopic (exact) mass is 400 g/mol. The minimum absolute atomic E-state index is 0.00522. The molecule has 3 aromatic rings. The summed E-state index contributed by atoms with van der Waals surface area (Å²) >= 11 is 5.76. The highest BCUT2D eigenvalue weighted by Crippen LogP contribution is 2.22. The van der Waals surface area contributed by atoms with E-state index in [4.69, 9.17) is 11.6 Å². The van der Waals surface area contributed by atoms with Crippen LogP contribution in [0.4, 0.5) is 10.1 Å². The first-order valence-corrected chi connectivity index (χ1v) is 9.83. The summed E-state index contributed by atoms with van der Waals surface area (Å²) in [5.41, 5.74) is 2.71. The number of carbonyl (C=O) groups excluding carboxylic acids is 1. The van der Waals surface area contributed by atoms with Crippen molar-refractivity contribution in [3.63, 3.8) is 0 Å². The average molecular weight is 401 g/mol. The van der Waals surface area contributed by atoms with E-state index in [1.807, 2.05) is 24.5 Å². The molecular formula is C21H22ClFN4O. The van der Waals surface area contributed by atoms with Gasteiger partial charge in [0.15, 0.2) is 0 Å². The smallest absolute Gasteiger partial charge is 0.238 e. The molecule has 1 aliphatic heterocycles. The standard InChI is InChI=1S/C21H22ClFN4O/c22-17-11-16(5-6-18(17)23)25-21(28)13-26-9-7-15(8-10-26)12-27-14-24-19-3-1-2-4-20(19)27/h1-6,11,14-15H,7-10,12-13H2,(H,25,28). The number of carbonyl (C=O) groups is 1. The van der Waals surface area contributed by atoms with Gasteiger partial charge >= 0.3 is 0 Å². The maximum absolute atomic E-state index is 13.2. The Morgan fingerprint density at radius 3 is 2.79 bits per heavy atom. The Morgan fingerprint density at radius 2 is 2.00 bits per heavy atom. The second-order valence-corrected chi connectivity index (χ2v) is 7.69. The van der Waals surface area contributed by atoms with Crippen molar-refractivity contribution in [3.8, 4) is 0 Å². The minimum atomic E-state index is -0.493. The number of hydrogen-bond donors (Lipinski definition) is 1. The van der Waals surface area contributed by atoms with E-state index < -0.39 is 5.82 Å². The van der Waals surface area contributed by atoms with E-state index in [0.717, 1.165) is 38.0 Å². The fourth-order valence-corrected chi connectivity index (χ4v) is 3.92. The summed E-state index contributed by atoms with van der Waals surface area (Å²) in [6.07, 6.45) is 4.00. The Balaban J connectivity index is 1.27. The zero-order valence-electron chi connectivity index (χ0n) is 15.4. The summed E-state index contributed by atoms with van der Waals surface area (Å²) in [5.74, 6) is -0.0260. The van der Waals surface area contributed by atoms with Crippen LogP contribution in [0.25, 0.3) is 11.0 Å². The summed E-state index contributed by atoms with van der Waals surface area (Å²) in [7, 11) is 0. The van der Waals surface area contributed by atoms with Gasteiger partial charge in [0.2, 0.25) is 5.91 Å². The van der Waals surface area contributed by atoms with Crippen molar-refractivity contribution < 1.29 is 9.18 Å². The van der Waals surface area contributed by atoms with Gasteiger partial charge in [0.05, 0.1) is 28.9 Å². The van der Waals surface area contributed by atoms with E-state index in [1.54, 1.807) is 0 Å². The first-order valence-electron chi connectivity index (χ1n) is 9.45. The molecule has 4 rings (SSSR count). The number of imidazole rings is 1. The third-order valence-electron chi connectivity index (χ3n) is 5.26. The summed E-state index contributed by atoms with van der Waals surface area (Å²) in [4.78, 5) is 18.9. The number of nitrogens with one attached hydrogen (secondary N) is 1. The van der Waals surface area contributed by atoms with E-state index in [0.29, 0.717) is 18.2 Å². The largest absolute Gasteiger partial charge is 0.330 e. The number of benzene rings is 2. The molecule has 28 heavy (non-hydrogen) atoms. The van der Waals surface area contributed by atoms with Gasteiger partial charge < -0.3 is 9.88 Å². The minimum Gasteiger partial charge on any atom is -0.330 e. The van der Waals surface area contributed by atoms with Crippen molar-refractivity contribution in [2.75, 3.05) is 25.0 Å². The Bertz CT molecular complexity index is 981. The number of nitrogens with zero attached hydrogens (tertiary/aromatic N) is 3. The highest BCUT2D eigenvalue weighted by Gasteiger charge is 2.21. The molecule has 0 spiro atoms. The molecule has 5 nitrogen and oxygen atoms in total. The summed E-state index contributed by atoms with van der Waals surface area (Å²) in [5, 5.41) is 2.79. The van der Waals surface area contributed by atoms with Crippen molar-refractivity contribution in [2.24, 2.45) is 5.92 Å². The number of hydrogen-bond acceptors (Lipinski definition) is 3. The van der Waals surface area contributed by atoms with Crippen LogP contribution in [0.15, 0.2) is 48.8 Å². The van der Waals surface area contributed by atoms with E-state index in [2.05, 4.69) is 25.8 Å². The molecular weight excluding hydrogens is 379 g/mol. The maximum Gasteiger partial charge on any atom is 0.238 e. The van der Waals surface area contributed by atoms with Gasteiger partial charge in [-0.3, -0.25) is 9.69 Å². The van der Waals surface area contributed by atoms with E-state index in [-0.39, 0.29) is 10.9 Å². The topological polar surface area (TPSA) is 50.2 Å². The second-order valence-electron chi connectivity index (χ2n) is 7.28. The van der Waals surface area contributed by atoms with Crippen LogP contribution < -0.4 is 5.32 Å². The van der Waals surface area contributed by atoms with Crippen LogP contribution in [-0.4, -0.2) is 40.0 Å². The fraction of sp³-hybridized carbons (Fsp3) is 0.333. The summed E-state index contributed by atoms with van der Waals surface area (Å²) in [6, 6.07) is 12.4. The highest BCUT2D eigenvalue weighted by atomic mass is 35.5. The van der Waals surface area contributed by atoms with Crippen LogP contribution >= 0.6 is 11.6 Å². The first-order chi connectivity index (χ1) is 13.6. The molecule has 0 radical (unpaired) electrons. The van der Waals surface area contributed by atoms with Gasteiger partial charge in [-0.05, 0) is 62.2 Å². The Morgan fingerprint density at radius 1 is 1.21 bits per heavy atom. The van der Waals surface area contributed by atoms with Crippen molar-refractivity contribution in [2.45, 2.75) is 19.4 Å². The number of rotatable bonds is 5. The first kappa shape index (κ1) is 18.9. The Kier molecular flexibility index (Phi) is 5.59. The van der Waals surface area contributed by atoms with E-state index in [1.165, 1.54) is 23.7 Å². The molecule has 1 N–H and O–H groups in total. The third-order valence-corrected chi connectivity index (χ3v) is 5.55. The van der Waals surface area contributed by atoms with Gasteiger partial charge in [-0.1, -0.05) is 23.7 Å². The lowest BCUT2D eigenvalue weighted by molar-refractivity contribution is -0.117. The molecule has 1 saturated heterocycles. The molecule has 0 unspecified atom stereocenters. The van der Waals surface area contributed by atoms with Gasteiger partial charge in [-0.15, -0.1) is 0 Å². The van der Waals surface area contributed by atoms with E-state index >= 15 is 0 Å². The molecule has 146 valence electrons. The molecule has 0 atom stereocenters. The molecule has 2 aromatic carbocycles. The fourth-order valence-electron chi connectivity index (χ4n) is 3.74. The number of piperidine rings is 1. The molecule has 1 aliphatic rings. The second kappa shape index (κ2) is 8.29. The summed E-state index contributed by atoms with van der Waals surface area (Å²) < 4.78 is 15.4. The molecule has 0 aliphatic carbocycles. The van der Waals surface area contributed by atoms with Gasteiger partial charge in [0.1, 0.15) is 5.82 Å². The summed E-state index contributed by atoms with van der Waals surface area (Å²) in [6.45, 7) is 3.05. The van der Waals surface area contributed by atoms with Crippen LogP contribution in [0.3, 0.4) is 0 Å². The van der Waals surface area contributed by atoms with Gasteiger partial charge in [-0.2, -0.15) is 0 Å². The molecule has 0 saturated carbocycles. The lowest BCUT2D eigenvalue weighted by Crippen LogP contribution is -2.39. The van der Waals surface area contributed by atoms with Crippen LogP contribution in [0.5, 0.6) is 0 Å². The molecule has 0 bridgehead atoms. The van der Waals surface area contributed by atoms with Gasteiger partial charge in [0.25, 0.3) is 0 Å². The molecule has 7 heteroatoms. The zero-order chi connectivity index (χ0) is 19.5. The number of aromatic nitrogens is 2. The van der Waals surface area contributed by atoms with Crippen molar-refractivity contribution >= 4 is 34.2 Å². The van der Waals surface area contributed by atoms with Gasteiger partial charge in [-0.25, -0.2) is 9.37 Å². The predicted molar refractivity (Wildman–Crippen MR) is 109 cm³/mol. The molecule has 1 amide bonds. The van der Waals surface area contributed by atoms with Gasteiger partial charge in [0, 0.05) is 12.2 Å². The number of anilines is 1. The van der Waals surface area contributed by atoms with Crippen LogP contribution in [0.2, 0.25) is 5.02 Å². The van der Waals surface area contributed by atoms with Crippen LogP contribution in [-0.2, 0) is 11.3 Å². The number of likely N-dealkylation sites (tertiary alicyclic amines) is 1. The number of amides is 1. The highest BCUT2D eigenvalue weighted by molar-refractivity contribution is 6.31. The Labute approximate surface area is 168 Å². The Hall–Kier alpha value is -2.44. The van der Waals surface area contributed by atoms with Crippen molar-refractivity contribution in [3.05, 3.63) is 59.6 Å². The molecule has 2 heterocycles. The van der Waals surface area contributed by atoms with E-state index in [9.17, 15) is 9.18 Å². The van der Waals surface area contributed by atoms with Crippen molar-refractivity contribution in [1.29, 1.82) is 0 Å². The number of para-hydroxylation sites is 2. The lowest BCUT2D eigenvalue weighted by Gasteiger charge is -2.31. The number of halogens is 2. The SMILES string of the molecule is O=C(CN1CCC(Cn2cnc3ccccc32)CC1)Nc1ccc(F)c(Cl)c1. The van der Waals surface area contributed by atoms with Crippen LogP contribution in [0, 0.1) is 11.7 Å². The molecule has 1 aromatic heterocycles. The average Bonchev–Trinajstić information content (AvgIpc) is 3.09.